The first-order valence-corrected chi connectivity index (χ1v) is 15.5. The monoisotopic (exact) mass is 622 g/mol. The molecule has 0 N–H and O–H groups in total. The van der Waals surface area contributed by atoms with E-state index in [1.807, 2.05) is 45.0 Å². The molecule has 10 nitrogen and oxygen atoms in total. The first-order chi connectivity index (χ1) is 22.1. The van der Waals surface area contributed by atoms with Gasteiger partial charge in [0.2, 0.25) is 5.88 Å². The molecule has 0 saturated carbocycles. The third kappa shape index (κ3) is 6.06. The fraction of sp³-hybridized carbons (Fsp3) is 0.371. The molecule has 0 unspecified atom stereocenters. The Labute approximate surface area is 265 Å². The van der Waals surface area contributed by atoms with E-state index in [9.17, 15) is 9.18 Å². The smallest absolute Gasteiger partial charge is 0.338 e. The average molecular weight is 623 g/mol. The molecular formula is C35H35FN6O4. The van der Waals surface area contributed by atoms with Crippen molar-refractivity contribution in [3.05, 3.63) is 88.6 Å². The number of fused-ring (bicyclic) bond motifs is 4. The molecule has 0 aliphatic carbocycles. The molecule has 2 aliphatic rings. The van der Waals surface area contributed by atoms with E-state index in [1.54, 1.807) is 24.3 Å². The SMILES string of the molecule is CC(C)(C)OC(=O)c1ccc2nc(CN3CCn4c(cc5ccc(OCc6ccc(C#N)cc6F)nc54)C3)n(C[C@@H]3CCO3)c2c1. The third-order valence-corrected chi connectivity index (χ3v) is 8.39. The van der Waals surface area contributed by atoms with Crippen LogP contribution < -0.4 is 4.74 Å². The van der Waals surface area contributed by atoms with Gasteiger partial charge in [0.25, 0.3) is 0 Å². The Morgan fingerprint density at radius 1 is 1.11 bits per heavy atom. The van der Waals surface area contributed by atoms with Gasteiger partial charge in [-0.05, 0) is 69.7 Å². The normalized spacial score (nSPS) is 16.6. The summed E-state index contributed by atoms with van der Waals surface area (Å²) < 4.78 is 36.0. The zero-order chi connectivity index (χ0) is 32.0. The summed E-state index contributed by atoms with van der Waals surface area (Å²) in [4.78, 5) is 25.0. The van der Waals surface area contributed by atoms with Crippen LogP contribution >= 0.6 is 0 Å². The van der Waals surface area contributed by atoms with E-state index in [0.29, 0.717) is 30.1 Å². The summed E-state index contributed by atoms with van der Waals surface area (Å²) in [6.45, 7) is 9.95. The fourth-order valence-electron chi connectivity index (χ4n) is 5.99. The highest BCUT2D eigenvalue weighted by Gasteiger charge is 2.26. The zero-order valence-corrected chi connectivity index (χ0v) is 26.1. The maximum atomic E-state index is 14.3. The molecule has 11 heteroatoms. The summed E-state index contributed by atoms with van der Waals surface area (Å²) in [7, 11) is 0. The Morgan fingerprint density at radius 2 is 1.96 bits per heavy atom. The van der Waals surface area contributed by atoms with E-state index in [0.717, 1.165) is 66.2 Å². The lowest BCUT2D eigenvalue weighted by Crippen LogP contribution is -2.35. The zero-order valence-electron chi connectivity index (χ0n) is 26.1. The Kier molecular flexibility index (Phi) is 7.71. The third-order valence-electron chi connectivity index (χ3n) is 8.39. The van der Waals surface area contributed by atoms with Gasteiger partial charge in [0.15, 0.2) is 0 Å². The average Bonchev–Trinajstić information content (AvgIpc) is 3.53. The molecule has 2 aliphatic heterocycles. The summed E-state index contributed by atoms with van der Waals surface area (Å²) in [5.74, 6) is 0.520. The number of imidazole rings is 1. The number of hydrogen-bond acceptors (Lipinski definition) is 8. The molecule has 5 aromatic rings. The molecule has 5 heterocycles. The lowest BCUT2D eigenvalue weighted by molar-refractivity contribution is -0.0592. The number of hydrogen-bond donors (Lipinski definition) is 0. The van der Waals surface area contributed by atoms with Gasteiger partial charge in [-0.1, -0.05) is 6.07 Å². The summed E-state index contributed by atoms with van der Waals surface area (Å²) >= 11 is 0. The van der Waals surface area contributed by atoms with Gasteiger partial charge < -0.3 is 23.3 Å². The summed E-state index contributed by atoms with van der Waals surface area (Å²) in [5.41, 5.74) is 4.27. The van der Waals surface area contributed by atoms with E-state index in [2.05, 4.69) is 20.1 Å². The summed E-state index contributed by atoms with van der Waals surface area (Å²) in [5, 5.41) is 9.99. The minimum absolute atomic E-state index is 0.0174. The van der Waals surface area contributed by atoms with Crippen molar-refractivity contribution in [2.24, 2.45) is 0 Å². The van der Waals surface area contributed by atoms with Gasteiger partial charge in [0.1, 0.15) is 29.5 Å². The fourth-order valence-corrected chi connectivity index (χ4v) is 5.99. The van der Waals surface area contributed by atoms with Gasteiger partial charge in [0.05, 0.1) is 47.4 Å². The largest absolute Gasteiger partial charge is 0.473 e. The highest BCUT2D eigenvalue weighted by Crippen LogP contribution is 2.28. The summed E-state index contributed by atoms with van der Waals surface area (Å²) in [6.07, 6.45) is 1.12. The number of carbonyl (C=O) groups is 1. The molecule has 0 radical (unpaired) electrons. The van der Waals surface area contributed by atoms with Crippen molar-refractivity contribution in [2.45, 2.75) is 71.7 Å². The minimum atomic E-state index is -0.580. The number of nitrogens with zero attached hydrogens (tertiary/aromatic N) is 6. The lowest BCUT2D eigenvalue weighted by atomic mass is 10.1. The Morgan fingerprint density at radius 3 is 2.70 bits per heavy atom. The number of esters is 1. The standard InChI is InChI=1S/C35H35FN6O4/c1-35(2,3)46-34(43)24-6-8-29-30(16-24)42(19-27-10-13-44-27)31(38-29)20-40-11-12-41-26(18-40)15-23-7-9-32(39-33(23)41)45-21-25-5-4-22(17-37)14-28(25)36/h4-9,14-16,27H,10-13,18-21H2,1-3H3/t27-/m0/s1. The van der Waals surface area contributed by atoms with Gasteiger partial charge in [-0.2, -0.15) is 10.2 Å². The molecule has 1 atom stereocenters. The van der Waals surface area contributed by atoms with Crippen LogP contribution in [0.1, 0.15) is 60.2 Å². The van der Waals surface area contributed by atoms with E-state index in [-0.39, 0.29) is 24.2 Å². The maximum absolute atomic E-state index is 14.3. The predicted octanol–water partition coefficient (Wildman–Crippen LogP) is 5.74. The lowest BCUT2D eigenvalue weighted by Gasteiger charge is -2.30. The second-order valence-electron chi connectivity index (χ2n) is 12.9. The number of carbonyl (C=O) groups excluding carboxylic acids is 1. The first kappa shape index (κ1) is 29.9. The van der Waals surface area contributed by atoms with E-state index >= 15 is 0 Å². The second kappa shape index (κ2) is 11.9. The minimum Gasteiger partial charge on any atom is -0.473 e. The van der Waals surface area contributed by atoms with Gasteiger partial charge in [-0.25, -0.2) is 14.2 Å². The number of benzene rings is 2. The molecular weight excluding hydrogens is 587 g/mol. The quantitative estimate of drug-likeness (QED) is 0.202. The molecule has 3 aromatic heterocycles. The van der Waals surface area contributed by atoms with E-state index in [1.165, 1.54) is 6.07 Å². The number of ether oxygens (including phenoxy) is 3. The molecule has 0 spiro atoms. The topological polar surface area (TPSA) is 107 Å². The Bertz CT molecular complexity index is 2000. The summed E-state index contributed by atoms with van der Waals surface area (Å²) in [6, 6.07) is 17.8. The van der Waals surface area contributed by atoms with Crippen molar-refractivity contribution in [3.8, 4) is 11.9 Å². The highest BCUT2D eigenvalue weighted by atomic mass is 19.1. The highest BCUT2D eigenvalue weighted by molar-refractivity contribution is 5.94. The van der Waals surface area contributed by atoms with Gasteiger partial charge in [-0.3, -0.25) is 4.90 Å². The van der Waals surface area contributed by atoms with Crippen LogP contribution in [-0.2, 0) is 42.3 Å². The van der Waals surface area contributed by atoms with Crippen LogP contribution in [0.4, 0.5) is 4.39 Å². The number of halogens is 1. The van der Waals surface area contributed by atoms with Crippen molar-refractivity contribution < 1.29 is 23.4 Å². The van der Waals surface area contributed by atoms with Crippen molar-refractivity contribution >= 4 is 28.0 Å². The van der Waals surface area contributed by atoms with Crippen LogP contribution in [-0.4, -0.2) is 54.8 Å². The second-order valence-corrected chi connectivity index (χ2v) is 12.9. The number of pyridine rings is 1. The van der Waals surface area contributed by atoms with Crippen LogP contribution in [0.5, 0.6) is 5.88 Å². The predicted molar refractivity (Wildman–Crippen MR) is 169 cm³/mol. The maximum Gasteiger partial charge on any atom is 0.338 e. The van der Waals surface area contributed by atoms with Gasteiger partial charge in [0, 0.05) is 49.0 Å². The molecule has 0 bridgehead atoms. The molecule has 1 saturated heterocycles. The van der Waals surface area contributed by atoms with Crippen LogP contribution in [0.25, 0.3) is 22.1 Å². The number of aromatic nitrogens is 4. The van der Waals surface area contributed by atoms with Crippen molar-refractivity contribution in [1.82, 2.24) is 24.0 Å². The van der Waals surface area contributed by atoms with E-state index < -0.39 is 11.4 Å². The van der Waals surface area contributed by atoms with Crippen molar-refractivity contribution in [1.29, 1.82) is 5.26 Å². The van der Waals surface area contributed by atoms with Crippen LogP contribution in [0.2, 0.25) is 0 Å². The Balaban J connectivity index is 1.10. The molecule has 46 heavy (non-hydrogen) atoms. The van der Waals surface area contributed by atoms with Crippen LogP contribution in [0.15, 0.2) is 54.6 Å². The molecule has 7 rings (SSSR count). The van der Waals surface area contributed by atoms with Gasteiger partial charge in [-0.15, -0.1) is 0 Å². The van der Waals surface area contributed by atoms with E-state index in [4.69, 9.17) is 29.4 Å². The van der Waals surface area contributed by atoms with Crippen LogP contribution in [0, 0.1) is 17.1 Å². The van der Waals surface area contributed by atoms with Gasteiger partial charge >= 0.3 is 5.97 Å². The Hall–Kier alpha value is -4.79. The number of nitriles is 1. The molecule has 0 amide bonds. The first-order valence-electron chi connectivity index (χ1n) is 15.5. The number of rotatable bonds is 8. The van der Waals surface area contributed by atoms with Crippen molar-refractivity contribution in [2.75, 3.05) is 13.2 Å². The molecule has 236 valence electrons. The molecule has 1 fully saturated rings. The van der Waals surface area contributed by atoms with Crippen LogP contribution in [0.3, 0.4) is 0 Å². The van der Waals surface area contributed by atoms with Crippen molar-refractivity contribution in [3.63, 3.8) is 0 Å². The molecule has 2 aromatic carbocycles.